The number of fused-ring (bicyclic) bond motifs is 1. The average molecular weight is 301 g/mol. The molecule has 0 bridgehead atoms. The lowest BCUT2D eigenvalue weighted by Crippen LogP contribution is -2.38. The average Bonchev–Trinajstić information content (AvgIpc) is 3.00. The summed E-state index contributed by atoms with van der Waals surface area (Å²) in [6.45, 7) is 0. The molecule has 2 aromatic heterocycles. The summed E-state index contributed by atoms with van der Waals surface area (Å²) in [6, 6.07) is 5.07. The van der Waals surface area contributed by atoms with Gasteiger partial charge >= 0.3 is 5.69 Å². The van der Waals surface area contributed by atoms with Crippen molar-refractivity contribution in [2.75, 3.05) is 0 Å². The largest absolute Gasteiger partial charge is 0.494 e. The van der Waals surface area contributed by atoms with Gasteiger partial charge < -0.3 is 5.11 Å². The van der Waals surface area contributed by atoms with E-state index in [1.165, 1.54) is 20.3 Å². The Hall–Kier alpha value is -3.23. The highest BCUT2D eigenvalue weighted by atomic mass is 16.6. The molecule has 3 rings (SSSR count). The summed E-state index contributed by atoms with van der Waals surface area (Å²) in [6.07, 6.45) is 1.18. The van der Waals surface area contributed by atoms with Gasteiger partial charge in [-0.15, -0.1) is 0 Å². The van der Waals surface area contributed by atoms with Crippen molar-refractivity contribution >= 4 is 22.9 Å². The van der Waals surface area contributed by atoms with Crippen LogP contribution in [0.3, 0.4) is 0 Å². The van der Waals surface area contributed by atoms with Crippen LogP contribution in [0.2, 0.25) is 0 Å². The summed E-state index contributed by atoms with van der Waals surface area (Å²) in [5.74, 6) is -0.456. The highest BCUT2D eigenvalue weighted by molar-refractivity contribution is 5.90. The van der Waals surface area contributed by atoms with Crippen molar-refractivity contribution in [1.29, 1.82) is 0 Å². The normalized spacial score (nSPS) is 11.5. The van der Waals surface area contributed by atoms with E-state index in [0.717, 1.165) is 9.13 Å². The first-order chi connectivity index (χ1) is 10.5. The smallest absolute Gasteiger partial charge is 0.333 e. The van der Waals surface area contributed by atoms with Gasteiger partial charge in [0, 0.05) is 20.3 Å². The molecule has 0 atom stereocenters. The van der Waals surface area contributed by atoms with Crippen molar-refractivity contribution in [1.82, 2.24) is 19.4 Å². The molecule has 9 heteroatoms. The monoisotopic (exact) mass is 301 g/mol. The van der Waals surface area contributed by atoms with Crippen LogP contribution in [0.1, 0.15) is 5.56 Å². The first-order valence-corrected chi connectivity index (χ1v) is 6.25. The van der Waals surface area contributed by atoms with E-state index < -0.39 is 17.1 Å². The first kappa shape index (κ1) is 13.7. The Kier molecular flexibility index (Phi) is 3.09. The Balaban J connectivity index is 2.17. The molecule has 0 unspecified atom stereocenters. The van der Waals surface area contributed by atoms with Gasteiger partial charge in [-0.05, 0) is 22.4 Å². The molecule has 0 amide bonds. The number of aromatic nitrogens is 4. The van der Waals surface area contributed by atoms with Gasteiger partial charge in [0.2, 0.25) is 5.88 Å². The van der Waals surface area contributed by atoms with Crippen molar-refractivity contribution in [3.63, 3.8) is 0 Å². The number of nitrogens with zero attached hydrogens (tertiary/aromatic N) is 5. The van der Waals surface area contributed by atoms with Gasteiger partial charge in [0.25, 0.3) is 5.56 Å². The van der Waals surface area contributed by atoms with Crippen molar-refractivity contribution < 1.29 is 9.74 Å². The lowest BCUT2D eigenvalue weighted by Gasteiger charge is -2.06. The Labute approximate surface area is 122 Å². The zero-order valence-corrected chi connectivity index (χ0v) is 11.7. The fourth-order valence-electron chi connectivity index (χ4n) is 2.00. The van der Waals surface area contributed by atoms with Crippen LogP contribution in [0.15, 0.2) is 37.4 Å². The van der Waals surface area contributed by atoms with E-state index in [1.807, 2.05) is 0 Å². The molecule has 3 aromatic rings. The summed E-state index contributed by atoms with van der Waals surface area (Å²) < 4.78 is 6.47. The second-order valence-corrected chi connectivity index (χ2v) is 4.61. The van der Waals surface area contributed by atoms with Crippen LogP contribution in [0.5, 0.6) is 5.88 Å². The van der Waals surface area contributed by atoms with E-state index in [4.69, 9.17) is 0 Å². The molecule has 22 heavy (non-hydrogen) atoms. The standard InChI is InChI=1S/C13H11N5O4/c1-17-11(19)7(12(20)18(2)13(17)21)6-14-8-4-3-5-9-10(8)16-22-15-9/h3-6,19H,1-2H3. The Morgan fingerprint density at radius 1 is 1.23 bits per heavy atom. The summed E-state index contributed by atoms with van der Waals surface area (Å²) in [5, 5.41) is 17.4. The maximum Gasteiger partial charge on any atom is 0.333 e. The van der Waals surface area contributed by atoms with E-state index >= 15 is 0 Å². The summed E-state index contributed by atoms with van der Waals surface area (Å²) >= 11 is 0. The number of benzene rings is 1. The van der Waals surface area contributed by atoms with Crippen LogP contribution in [0.25, 0.3) is 11.0 Å². The zero-order chi connectivity index (χ0) is 15.9. The van der Waals surface area contributed by atoms with Crippen LogP contribution < -0.4 is 11.2 Å². The van der Waals surface area contributed by atoms with Crippen molar-refractivity contribution in [2.24, 2.45) is 19.1 Å². The maximum absolute atomic E-state index is 12.0. The summed E-state index contributed by atoms with van der Waals surface area (Å²) in [7, 11) is 2.68. The van der Waals surface area contributed by atoms with Crippen molar-refractivity contribution in [2.45, 2.75) is 0 Å². The molecular formula is C13H11N5O4. The van der Waals surface area contributed by atoms with Gasteiger partial charge in [-0.2, -0.15) is 0 Å². The molecule has 0 fully saturated rings. The second kappa shape index (κ2) is 4.95. The minimum Gasteiger partial charge on any atom is -0.494 e. The second-order valence-electron chi connectivity index (χ2n) is 4.61. The minimum absolute atomic E-state index is 0.0990. The predicted octanol–water partition coefficient (Wildman–Crippen LogP) is 0.0764. The molecule has 2 heterocycles. The summed E-state index contributed by atoms with van der Waals surface area (Å²) in [4.78, 5) is 27.9. The maximum atomic E-state index is 12.0. The van der Waals surface area contributed by atoms with Gasteiger partial charge in [0.1, 0.15) is 11.1 Å². The number of aliphatic imine (C=N–C) groups is 1. The molecule has 0 aliphatic rings. The third-order valence-corrected chi connectivity index (χ3v) is 3.26. The SMILES string of the molecule is Cn1c(O)c(C=Nc2cccc3nonc23)c(=O)n(C)c1=O. The van der Waals surface area contributed by atoms with Gasteiger partial charge in [-0.3, -0.25) is 18.9 Å². The number of hydrogen-bond acceptors (Lipinski definition) is 7. The molecule has 0 saturated carbocycles. The van der Waals surface area contributed by atoms with Crippen LogP contribution in [-0.2, 0) is 14.1 Å². The predicted molar refractivity (Wildman–Crippen MR) is 77.6 cm³/mol. The number of rotatable bonds is 2. The molecule has 0 spiro atoms. The quantitative estimate of drug-likeness (QED) is 0.670. The highest BCUT2D eigenvalue weighted by Gasteiger charge is 2.13. The van der Waals surface area contributed by atoms with Gasteiger partial charge in [-0.25, -0.2) is 9.42 Å². The molecule has 0 saturated heterocycles. The van der Waals surface area contributed by atoms with E-state index in [1.54, 1.807) is 18.2 Å². The van der Waals surface area contributed by atoms with Crippen molar-refractivity contribution in [3.8, 4) is 5.88 Å². The minimum atomic E-state index is -0.644. The fraction of sp³-hybridized carbons (Fsp3) is 0.154. The molecule has 1 N–H and O–H groups in total. The van der Waals surface area contributed by atoms with Crippen LogP contribution >= 0.6 is 0 Å². The highest BCUT2D eigenvalue weighted by Crippen LogP contribution is 2.22. The molecule has 9 nitrogen and oxygen atoms in total. The molecule has 112 valence electrons. The van der Waals surface area contributed by atoms with E-state index in [2.05, 4.69) is 19.9 Å². The van der Waals surface area contributed by atoms with Crippen LogP contribution in [0.4, 0.5) is 5.69 Å². The van der Waals surface area contributed by atoms with Gasteiger partial charge in [0.15, 0.2) is 5.52 Å². The Morgan fingerprint density at radius 2 is 2.00 bits per heavy atom. The van der Waals surface area contributed by atoms with E-state index in [9.17, 15) is 14.7 Å². The summed E-state index contributed by atoms with van der Waals surface area (Å²) in [5.41, 5.74) is 0.0106. The number of hydrogen-bond donors (Lipinski definition) is 1. The van der Waals surface area contributed by atoms with Gasteiger partial charge in [0.05, 0.1) is 5.69 Å². The Bertz CT molecular complexity index is 1010. The first-order valence-electron chi connectivity index (χ1n) is 6.25. The fourth-order valence-corrected chi connectivity index (χ4v) is 2.00. The Morgan fingerprint density at radius 3 is 2.77 bits per heavy atom. The van der Waals surface area contributed by atoms with Gasteiger partial charge in [-0.1, -0.05) is 6.07 Å². The van der Waals surface area contributed by atoms with E-state index in [-0.39, 0.29) is 5.56 Å². The van der Waals surface area contributed by atoms with Crippen molar-refractivity contribution in [3.05, 3.63) is 44.6 Å². The van der Waals surface area contributed by atoms with E-state index in [0.29, 0.717) is 16.7 Å². The number of aromatic hydroxyl groups is 1. The third kappa shape index (κ3) is 1.99. The lowest BCUT2D eigenvalue weighted by atomic mass is 10.2. The lowest BCUT2D eigenvalue weighted by molar-refractivity contribution is 0.315. The zero-order valence-electron chi connectivity index (χ0n) is 11.7. The van der Waals surface area contributed by atoms with Crippen LogP contribution in [-0.4, -0.2) is 30.8 Å². The molecule has 0 aliphatic heterocycles. The molecule has 1 aromatic carbocycles. The topological polar surface area (TPSA) is 116 Å². The molecule has 0 radical (unpaired) electrons. The third-order valence-electron chi connectivity index (χ3n) is 3.26. The molecular weight excluding hydrogens is 290 g/mol. The van der Waals surface area contributed by atoms with Crippen LogP contribution in [0, 0.1) is 0 Å². The molecule has 0 aliphatic carbocycles.